The molecular weight excluding hydrogens is 316 g/mol. The van der Waals surface area contributed by atoms with Crippen molar-refractivity contribution in [3.05, 3.63) is 59.2 Å². The number of rotatable bonds is 3. The maximum Gasteiger partial charge on any atom is 0.321 e. The predicted octanol–water partition coefficient (Wildman–Crippen LogP) is 3.75. The Bertz CT molecular complexity index is 773. The standard InChI is InChI=1S/C20H22N2O3/c1-24-19-6-3-14(4-7-19)15-8-9-22(11-15)20(23)21-18-5-2-16-12-25-13-17(16)10-18/h2-7,10,15H,8-9,11-13H2,1H3,(H,21,23)/t15-/m1/s1. The van der Waals surface area contributed by atoms with Gasteiger partial charge in [0.1, 0.15) is 5.75 Å². The average molecular weight is 338 g/mol. The molecule has 0 bridgehead atoms. The van der Waals surface area contributed by atoms with Gasteiger partial charge in [-0.05, 0) is 47.4 Å². The lowest BCUT2D eigenvalue weighted by molar-refractivity contribution is 0.134. The maximum absolute atomic E-state index is 12.6. The van der Waals surface area contributed by atoms with Gasteiger partial charge < -0.3 is 19.7 Å². The Labute approximate surface area is 147 Å². The summed E-state index contributed by atoms with van der Waals surface area (Å²) < 4.78 is 10.6. The SMILES string of the molecule is COc1ccc([C@@H]2CCN(C(=O)Nc3ccc4c(c3)COC4)C2)cc1. The van der Waals surface area contributed by atoms with Gasteiger partial charge in [-0.15, -0.1) is 0 Å². The number of fused-ring (bicyclic) bond motifs is 1. The van der Waals surface area contributed by atoms with Crippen LogP contribution in [0.4, 0.5) is 10.5 Å². The van der Waals surface area contributed by atoms with Crippen LogP contribution in [0.3, 0.4) is 0 Å². The number of amides is 2. The van der Waals surface area contributed by atoms with Gasteiger partial charge in [0.15, 0.2) is 0 Å². The third-order valence-electron chi connectivity index (χ3n) is 5.04. The van der Waals surface area contributed by atoms with E-state index in [2.05, 4.69) is 17.4 Å². The molecule has 2 aromatic rings. The highest BCUT2D eigenvalue weighted by Gasteiger charge is 2.27. The summed E-state index contributed by atoms with van der Waals surface area (Å²) >= 11 is 0. The molecule has 5 heteroatoms. The monoisotopic (exact) mass is 338 g/mol. The minimum absolute atomic E-state index is 0.0325. The second-order valence-corrected chi connectivity index (χ2v) is 6.61. The highest BCUT2D eigenvalue weighted by atomic mass is 16.5. The number of hydrogen-bond donors (Lipinski definition) is 1. The van der Waals surface area contributed by atoms with E-state index in [4.69, 9.17) is 9.47 Å². The molecule has 0 spiro atoms. The van der Waals surface area contributed by atoms with E-state index in [1.165, 1.54) is 11.1 Å². The molecule has 2 aliphatic heterocycles. The molecule has 2 aliphatic rings. The summed E-state index contributed by atoms with van der Waals surface area (Å²) in [6.45, 7) is 2.81. The van der Waals surface area contributed by atoms with Crippen LogP contribution in [0, 0.1) is 0 Å². The summed E-state index contributed by atoms with van der Waals surface area (Å²) in [5.41, 5.74) is 4.46. The highest BCUT2D eigenvalue weighted by Crippen LogP contribution is 2.29. The second kappa shape index (κ2) is 6.76. The van der Waals surface area contributed by atoms with Crippen LogP contribution in [-0.4, -0.2) is 31.1 Å². The maximum atomic E-state index is 12.6. The molecule has 25 heavy (non-hydrogen) atoms. The molecule has 1 atom stereocenters. The minimum atomic E-state index is -0.0325. The Balaban J connectivity index is 1.38. The molecule has 0 radical (unpaired) electrons. The van der Waals surface area contributed by atoms with Gasteiger partial charge in [-0.1, -0.05) is 18.2 Å². The van der Waals surface area contributed by atoms with Gasteiger partial charge in [0.25, 0.3) is 0 Å². The fourth-order valence-corrected chi connectivity index (χ4v) is 3.55. The van der Waals surface area contributed by atoms with Crippen molar-refractivity contribution in [1.82, 2.24) is 4.90 Å². The van der Waals surface area contributed by atoms with E-state index < -0.39 is 0 Å². The van der Waals surface area contributed by atoms with E-state index in [0.29, 0.717) is 19.1 Å². The smallest absolute Gasteiger partial charge is 0.321 e. The number of benzene rings is 2. The largest absolute Gasteiger partial charge is 0.497 e. The van der Waals surface area contributed by atoms with Crippen molar-refractivity contribution in [2.24, 2.45) is 0 Å². The lowest BCUT2D eigenvalue weighted by Gasteiger charge is -2.18. The first-order valence-electron chi connectivity index (χ1n) is 8.62. The van der Waals surface area contributed by atoms with Crippen molar-refractivity contribution in [2.75, 3.05) is 25.5 Å². The molecule has 2 amide bonds. The van der Waals surface area contributed by atoms with E-state index >= 15 is 0 Å². The van der Waals surface area contributed by atoms with Crippen LogP contribution in [0.2, 0.25) is 0 Å². The topological polar surface area (TPSA) is 50.8 Å². The number of nitrogens with zero attached hydrogens (tertiary/aromatic N) is 1. The van der Waals surface area contributed by atoms with Gasteiger partial charge in [0.05, 0.1) is 20.3 Å². The fraction of sp³-hybridized carbons (Fsp3) is 0.350. The van der Waals surface area contributed by atoms with Crippen molar-refractivity contribution in [1.29, 1.82) is 0 Å². The normalized spacial score (nSPS) is 18.9. The molecule has 0 aliphatic carbocycles. The number of likely N-dealkylation sites (tertiary alicyclic amines) is 1. The van der Waals surface area contributed by atoms with Gasteiger partial charge in [-0.2, -0.15) is 0 Å². The number of carbonyl (C=O) groups is 1. The van der Waals surface area contributed by atoms with Crippen molar-refractivity contribution in [3.63, 3.8) is 0 Å². The van der Waals surface area contributed by atoms with Gasteiger partial charge in [-0.3, -0.25) is 0 Å². The number of urea groups is 1. The van der Waals surface area contributed by atoms with E-state index in [9.17, 15) is 4.79 Å². The molecule has 4 rings (SSSR count). The van der Waals surface area contributed by atoms with E-state index in [1.807, 2.05) is 35.2 Å². The number of anilines is 1. The summed E-state index contributed by atoms with van der Waals surface area (Å²) in [7, 11) is 1.67. The predicted molar refractivity (Wildman–Crippen MR) is 95.9 cm³/mol. The third-order valence-corrected chi connectivity index (χ3v) is 5.04. The summed E-state index contributed by atoms with van der Waals surface area (Å²) in [5.74, 6) is 1.24. The summed E-state index contributed by atoms with van der Waals surface area (Å²) in [6, 6.07) is 14.1. The molecular formula is C20H22N2O3. The van der Waals surface area contributed by atoms with Gasteiger partial charge in [0.2, 0.25) is 0 Å². The Hall–Kier alpha value is -2.53. The molecule has 130 valence electrons. The molecule has 0 saturated carbocycles. The van der Waals surface area contributed by atoms with Crippen LogP contribution in [0.5, 0.6) is 5.75 Å². The van der Waals surface area contributed by atoms with Gasteiger partial charge in [-0.25, -0.2) is 4.79 Å². The summed E-state index contributed by atoms with van der Waals surface area (Å²) in [6.07, 6.45) is 0.984. The summed E-state index contributed by atoms with van der Waals surface area (Å²) in [4.78, 5) is 14.4. The van der Waals surface area contributed by atoms with Gasteiger partial charge in [0, 0.05) is 24.7 Å². The number of ether oxygens (including phenoxy) is 2. The molecule has 1 saturated heterocycles. The Morgan fingerprint density at radius 2 is 1.96 bits per heavy atom. The van der Waals surface area contributed by atoms with Crippen molar-refractivity contribution >= 4 is 11.7 Å². The number of nitrogens with one attached hydrogen (secondary N) is 1. The quantitative estimate of drug-likeness (QED) is 0.927. The number of carbonyl (C=O) groups excluding carboxylic acids is 1. The average Bonchev–Trinajstić information content (AvgIpc) is 3.31. The third kappa shape index (κ3) is 3.33. The van der Waals surface area contributed by atoms with E-state index in [0.717, 1.165) is 36.5 Å². The first-order valence-corrected chi connectivity index (χ1v) is 8.62. The van der Waals surface area contributed by atoms with Crippen molar-refractivity contribution in [3.8, 4) is 5.75 Å². The van der Waals surface area contributed by atoms with Crippen molar-refractivity contribution < 1.29 is 14.3 Å². The Morgan fingerprint density at radius 1 is 1.16 bits per heavy atom. The molecule has 2 heterocycles. The molecule has 5 nitrogen and oxygen atoms in total. The number of methoxy groups -OCH3 is 1. The van der Waals surface area contributed by atoms with E-state index in [1.54, 1.807) is 7.11 Å². The zero-order valence-corrected chi connectivity index (χ0v) is 14.3. The lowest BCUT2D eigenvalue weighted by atomic mass is 9.98. The van der Waals surface area contributed by atoms with Crippen LogP contribution >= 0.6 is 0 Å². The first-order chi connectivity index (χ1) is 12.2. The Kier molecular flexibility index (Phi) is 4.32. The van der Waals surface area contributed by atoms with Crippen LogP contribution in [0.25, 0.3) is 0 Å². The molecule has 0 unspecified atom stereocenters. The molecule has 2 aromatic carbocycles. The molecule has 1 N–H and O–H groups in total. The molecule has 0 aromatic heterocycles. The first kappa shape index (κ1) is 16.0. The van der Waals surface area contributed by atoms with Crippen LogP contribution in [0.15, 0.2) is 42.5 Å². The van der Waals surface area contributed by atoms with Crippen LogP contribution in [0.1, 0.15) is 29.0 Å². The second-order valence-electron chi connectivity index (χ2n) is 6.61. The Morgan fingerprint density at radius 3 is 2.76 bits per heavy atom. The minimum Gasteiger partial charge on any atom is -0.497 e. The van der Waals surface area contributed by atoms with Crippen molar-refractivity contribution in [2.45, 2.75) is 25.6 Å². The zero-order valence-electron chi connectivity index (χ0n) is 14.3. The van der Waals surface area contributed by atoms with Gasteiger partial charge >= 0.3 is 6.03 Å². The van der Waals surface area contributed by atoms with Crippen LogP contribution < -0.4 is 10.1 Å². The number of hydrogen-bond acceptors (Lipinski definition) is 3. The lowest BCUT2D eigenvalue weighted by Crippen LogP contribution is -2.32. The zero-order chi connectivity index (χ0) is 17.2. The molecule has 1 fully saturated rings. The van der Waals surface area contributed by atoms with E-state index in [-0.39, 0.29) is 6.03 Å². The fourth-order valence-electron chi connectivity index (χ4n) is 3.55. The summed E-state index contributed by atoms with van der Waals surface area (Å²) in [5, 5.41) is 3.02. The highest BCUT2D eigenvalue weighted by molar-refractivity contribution is 5.89. The van der Waals surface area contributed by atoms with Crippen LogP contribution in [-0.2, 0) is 18.0 Å².